The van der Waals surface area contributed by atoms with E-state index in [4.69, 9.17) is 0 Å². The summed E-state index contributed by atoms with van der Waals surface area (Å²) in [4.78, 5) is 26.3. The molecule has 0 saturated carbocycles. The van der Waals surface area contributed by atoms with Gasteiger partial charge in [0.1, 0.15) is 18.5 Å². The molecule has 1 aliphatic heterocycles. The van der Waals surface area contributed by atoms with Crippen LogP contribution < -0.4 is 5.56 Å². The molecule has 0 N–H and O–H groups in total. The number of aromatic nitrogens is 1. The Bertz CT molecular complexity index is 1160. The highest BCUT2D eigenvalue weighted by molar-refractivity contribution is 7.17. The summed E-state index contributed by atoms with van der Waals surface area (Å²) in [5.74, 6) is -1.82. The molecule has 0 atom stereocenters. The highest BCUT2D eigenvalue weighted by Crippen LogP contribution is 2.37. The first-order valence-electron chi connectivity index (χ1n) is 8.55. The van der Waals surface area contributed by atoms with Crippen molar-refractivity contribution < 1.29 is 26.7 Å². The lowest BCUT2D eigenvalue weighted by molar-refractivity contribution is -0.140. The maximum absolute atomic E-state index is 13.6. The lowest BCUT2D eigenvalue weighted by Crippen LogP contribution is -2.52. The van der Waals surface area contributed by atoms with Crippen molar-refractivity contribution in [2.24, 2.45) is 0 Å². The fraction of sp³-hybridized carbons (Fsp3) is 0.263. The molecule has 1 aromatic carbocycles. The molecule has 0 aliphatic carbocycles. The molecule has 10 heteroatoms. The van der Waals surface area contributed by atoms with Crippen LogP contribution in [0.15, 0.2) is 40.6 Å². The van der Waals surface area contributed by atoms with Gasteiger partial charge in [-0.3, -0.25) is 9.59 Å². The Morgan fingerprint density at radius 1 is 1.21 bits per heavy atom. The molecular weight excluding hydrogens is 415 g/mol. The zero-order valence-corrected chi connectivity index (χ0v) is 15.5. The average molecular weight is 428 g/mol. The van der Waals surface area contributed by atoms with E-state index in [0.717, 1.165) is 15.9 Å². The Balaban J connectivity index is 1.75. The number of rotatable bonds is 3. The van der Waals surface area contributed by atoms with Crippen LogP contribution in [0.1, 0.15) is 5.56 Å². The Morgan fingerprint density at radius 2 is 1.93 bits per heavy atom. The number of halogens is 5. The predicted molar refractivity (Wildman–Crippen MR) is 98.0 cm³/mol. The second kappa shape index (κ2) is 6.94. The standard InChI is InChI=1S/C19H13F5N2O2S/c20-11-6-26(7-11)16(27)8-25-4-3-15-17(18(25)28)12(9-29-15)10-1-2-14(21)13(5-10)19(22,23)24/h1-5,9,11H,6-8H2. The predicted octanol–water partition coefficient (Wildman–Crippen LogP) is 4.07. The minimum atomic E-state index is -4.87. The van der Waals surface area contributed by atoms with Crippen molar-refractivity contribution in [3.05, 3.63) is 57.6 Å². The van der Waals surface area contributed by atoms with Gasteiger partial charge in [-0.05, 0) is 23.8 Å². The topological polar surface area (TPSA) is 42.3 Å². The van der Waals surface area contributed by atoms with E-state index in [1.807, 2.05) is 0 Å². The number of benzene rings is 1. The first kappa shape index (κ1) is 19.6. The lowest BCUT2D eigenvalue weighted by atomic mass is 10.0. The highest BCUT2D eigenvalue weighted by atomic mass is 32.1. The number of amides is 1. The molecule has 29 heavy (non-hydrogen) atoms. The number of hydrogen-bond acceptors (Lipinski definition) is 3. The van der Waals surface area contributed by atoms with Crippen molar-refractivity contribution >= 4 is 27.3 Å². The Hall–Kier alpha value is -2.75. The molecule has 152 valence electrons. The smallest absolute Gasteiger partial charge is 0.335 e. The largest absolute Gasteiger partial charge is 0.419 e. The molecule has 4 nitrogen and oxygen atoms in total. The molecule has 1 saturated heterocycles. The zero-order chi connectivity index (χ0) is 20.9. The van der Waals surface area contributed by atoms with E-state index in [2.05, 4.69) is 0 Å². The molecule has 1 amide bonds. The van der Waals surface area contributed by atoms with Crippen molar-refractivity contribution in [1.82, 2.24) is 9.47 Å². The molecule has 2 aromatic heterocycles. The number of fused-ring (bicyclic) bond motifs is 1. The van der Waals surface area contributed by atoms with Gasteiger partial charge < -0.3 is 9.47 Å². The van der Waals surface area contributed by atoms with Gasteiger partial charge in [0, 0.05) is 21.8 Å². The number of likely N-dealkylation sites (tertiary alicyclic amines) is 1. The molecule has 0 bridgehead atoms. The van der Waals surface area contributed by atoms with Gasteiger partial charge in [0.05, 0.1) is 24.0 Å². The number of hydrogen-bond donors (Lipinski definition) is 0. The van der Waals surface area contributed by atoms with Crippen LogP contribution in [0, 0.1) is 5.82 Å². The highest BCUT2D eigenvalue weighted by Gasteiger charge is 2.34. The van der Waals surface area contributed by atoms with Crippen molar-refractivity contribution in [3.8, 4) is 11.1 Å². The summed E-state index contributed by atoms with van der Waals surface area (Å²) in [6.45, 7) is -0.335. The minimum Gasteiger partial charge on any atom is -0.335 e. The molecule has 4 rings (SSSR count). The van der Waals surface area contributed by atoms with Crippen molar-refractivity contribution in [3.63, 3.8) is 0 Å². The van der Waals surface area contributed by atoms with E-state index in [1.165, 1.54) is 22.5 Å². The fourth-order valence-corrected chi connectivity index (χ4v) is 4.16. The third-order valence-corrected chi connectivity index (χ3v) is 5.73. The van der Waals surface area contributed by atoms with E-state index >= 15 is 0 Å². The van der Waals surface area contributed by atoms with E-state index in [1.54, 1.807) is 6.07 Å². The summed E-state index contributed by atoms with van der Waals surface area (Å²) in [6.07, 6.45) is -4.52. The molecule has 1 fully saturated rings. The maximum atomic E-state index is 13.6. The maximum Gasteiger partial charge on any atom is 0.419 e. The molecule has 0 spiro atoms. The summed E-state index contributed by atoms with van der Waals surface area (Å²) < 4.78 is 67.3. The average Bonchev–Trinajstić information content (AvgIpc) is 3.05. The van der Waals surface area contributed by atoms with Crippen LogP contribution in [0.5, 0.6) is 0 Å². The normalized spacial score (nSPS) is 15.0. The third kappa shape index (κ3) is 3.52. The van der Waals surface area contributed by atoms with Crippen LogP contribution >= 0.6 is 11.3 Å². The van der Waals surface area contributed by atoms with Gasteiger partial charge in [0.25, 0.3) is 5.56 Å². The van der Waals surface area contributed by atoms with Crippen molar-refractivity contribution in [2.45, 2.75) is 18.9 Å². The van der Waals surface area contributed by atoms with Crippen molar-refractivity contribution in [1.29, 1.82) is 0 Å². The second-order valence-corrected chi connectivity index (χ2v) is 7.64. The van der Waals surface area contributed by atoms with Gasteiger partial charge in [-0.2, -0.15) is 13.2 Å². The van der Waals surface area contributed by atoms with E-state index < -0.39 is 35.2 Å². The summed E-state index contributed by atoms with van der Waals surface area (Å²) >= 11 is 1.16. The monoisotopic (exact) mass is 428 g/mol. The molecule has 3 heterocycles. The number of pyridine rings is 1. The van der Waals surface area contributed by atoms with E-state index in [-0.39, 0.29) is 36.1 Å². The number of carbonyl (C=O) groups is 1. The number of alkyl halides is 4. The molecular formula is C19H13F5N2O2S. The molecule has 0 radical (unpaired) electrons. The summed E-state index contributed by atoms with van der Waals surface area (Å²) in [5, 5.41) is 1.67. The van der Waals surface area contributed by atoms with Gasteiger partial charge in [-0.1, -0.05) is 6.07 Å². The van der Waals surface area contributed by atoms with Crippen LogP contribution in [0.3, 0.4) is 0 Å². The van der Waals surface area contributed by atoms with Gasteiger partial charge in [-0.25, -0.2) is 8.78 Å². The van der Waals surface area contributed by atoms with E-state index in [9.17, 15) is 31.5 Å². The lowest BCUT2D eigenvalue weighted by Gasteiger charge is -2.34. The Morgan fingerprint density at radius 3 is 2.59 bits per heavy atom. The van der Waals surface area contributed by atoms with Crippen LogP contribution in [-0.2, 0) is 17.5 Å². The van der Waals surface area contributed by atoms with E-state index in [0.29, 0.717) is 16.8 Å². The molecule has 0 unspecified atom stereocenters. The Kier molecular flexibility index (Phi) is 4.68. The number of nitrogens with zero attached hydrogens (tertiary/aromatic N) is 2. The second-order valence-electron chi connectivity index (χ2n) is 6.73. The fourth-order valence-electron chi connectivity index (χ4n) is 3.21. The van der Waals surface area contributed by atoms with Crippen LogP contribution in [0.2, 0.25) is 0 Å². The number of carbonyl (C=O) groups excluding carboxylic acids is 1. The minimum absolute atomic E-state index is 0.0185. The molecule has 1 aliphatic rings. The summed E-state index contributed by atoms with van der Waals surface area (Å²) in [6, 6.07) is 4.14. The van der Waals surface area contributed by atoms with Crippen molar-refractivity contribution in [2.75, 3.05) is 13.1 Å². The van der Waals surface area contributed by atoms with Gasteiger partial charge >= 0.3 is 6.18 Å². The summed E-state index contributed by atoms with van der Waals surface area (Å²) in [5.41, 5.74) is -1.69. The Labute approximate surface area is 164 Å². The third-order valence-electron chi connectivity index (χ3n) is 4.78. The van der Waals surface area contributed by atoms with Gasteiger partial charge in [0.15, 0.2) is 0 Å². The first-order chi connectivity index (χ1) is 13.6. The first-order valence-corrected chi connectivity index (χ1v) is 9.42. The van der Waals surface area contributed by atoms with Crippen LogP contribution in [0.4, 0.5) is 22.0 Å². The van der Waals surface area contributed by atoms with Crippen LogP contribution in [-0.4, -0.2) is 34.6 Å². The zero-order valence-electron chi connectivity index (χ0n) is 14.7. The quantitative estimate of drug-likeness (QED) is 0.591. The van der Waals surface area contributed by atoms with Gasteiger partial charge in [0.2, 0.25) is 5.91 Å². The SMILES string of the molecule is O=C(Cn1ccc2scc(-c3ccc(F)c(C(F)(F)F)c3)c2c1=O)N1CC(F)C1. The molecule has 3 aromatic rings. The summed E-state index contributed by atoms with van der Waals surface area (Å²) in [7, 11) is 0. The number of thiophene rings is 1. The van der Waals surface area contributed by atoms with Crippen LogP contribution in [0.25, 0.3) is 21.2 Å². The van der Waals surface area contributed by atoms with Gasteiger partial charge in [-0.15, -0.1) is 11.3 Å².